The maximum Gasteiger partial charge on any atom is 0.220 e. The summed E-state index contributed by atoms with van der Waals surface area (Å²) in [4.78, 5) is 22.9. The van der Waals surface area contributed by atoms with Crippen LogP contribution in [0.4, 0.5) is 5.95 Å². The standard InChI is InChI=1S/C15H14ClN5OS/c1-23-14-8(4-5-20-22)2-3-9-10(6-18-13(9)14)12-11(16)7-19-15(17)21-12/h2-3,6-7,18H,4-5H2,1H3,(H2,17,19,21). The molecular weight excluding hydrogens is 334 g/mol. The summed E-state index contributed by atoms with van der Waals surface area (Å²) in [5.74, 6) is 0.178. The van der Waals surface area contributed by atoms with Gasteiger partial charge in [0.2, 0.25) is 5.95 Å². The van der Waals surface area contributed by atoms with Crippen molar-refractivity contribution in [3.63, 3.8) is 0 Å². The molecule has 0 aliphatic rings. The highest BCUT2D eigenvalue weighted by Gasteiger charge is 2.16. The van der Waals surface area contributed by atoms with E-state index in [-0.39, 0.29) is 12.5 Å². The molecular formula is C15H14ClN5OS. The molecule has 0 radical (unpaired) electrons. The fourth-order valence-corrected chi connectivity index (χ4v) is 3.58. The zero-order valence-corrected chi connectivity index (χ0v) is 13.9. The summed E-state index contributed by atoms with van der Waals surface area (Å²) < 4.78 is 0. The van der Waals surface area contributed by atoms with E-state index in [0.717, 1.165) is 26.9 Å². The predicted molar refractivity (Wildman–Crippen MR) is 94.9 cm³/mol. The quantitative estimate of drug-likeness (QED) is 0.539. The van der Waals surface area contributed by atoms with E-state index in [1.165, 1.54) is 6.20 Å². The molecule has 0 amide bonds. The monoisotopic (exact) mass is 347 g/mol. The van der Waals surface area contributed by atoms with Gasteiger partial charge in [0.1, 0.15) is 0 Å². The Balaban J connectivity index is 2.18. The fourth-order valence-electron chi connectivity index (χ4n) is 2.58. The van der Waals surface area contributed by atoms with Gasteiger partial charge in [-0.25, -0.2) is 9.97 Å². The molecule has 0 saturated carbocycles. The second-order valence-corrected chi connectivity index (χ2v) is 6.13. The Morgan fingerprint density at radius 1 is 1.43 bits per heavy atom. The molecule has 3 aromatic rings. The van der Waals surface area contributed by atoms with Crippen LogP contribution in [0.25, 0.3) is 22.2 Å². The number of nitroso groups, excluding NO2 is 1. The number of hydrogen-bond donors (Lipinski definition) is 2. The van der Waals surface area contributed by atoms with E-state index in [1.54, 1.807) is 11.8 Å². The van der Waals surface area contributed by atoms with Crippen LogP contribution in [0.3, 0.4) is 0 Å². The third-order valence-corrected chi connectivity index (χ3v) is 4.74. The molecule has 0 bridgehead atoms. The summed E-state index contributed by atoms with van der Waals surface area (Å²) in [6, 6.07) is 4.00. The molecule has 23 heavy (non-hydrogen) atoms. The average molecular weight is 348 g/mol. The van der Waals surface area contributed by atoms with Crippen molar-refractivity contribution in [3.8, 4) is 11.3 Å². The predicted octanol–water partition coefficient (Wildman–Crippen LogP) is 3.89. The maximum atomic E-state index is 10.4. The lowest BCUT2D eigenvalue weighted by Crippen LogP contribution is -1.96. The van der Waals surface area contributed by atoms with Crippen LogP contribution in [0.1, 0.15) is 5.56 Å². The van der Waals surface area contributed by atoms with E-state index in [1.807, 2.05) is 24.6 Å². The molecule has 118 valence electrons. The second-order valence-electron chi connectivity index (χ2n) is 4.91. The van der Waals surface area contributed by atoms with Gasteiger partial charge in [0.05, 0.1) is 29.0 Å². The number of nitrogens with two attached hydrogens (primary N) is 1. The minimum Gasteiger partial charge on any atom is -0.368 e. The van der Waals surface area contributed by atoms with Crippen molar-refractivity contribution < 1.29 is 0 Å². The molecule has 2 aromatic heterocycles. The first-order chi connectivity index (χ1) is 11.2. The van der Waals surface area contributed by atoms with Crippen LogP contribution in [-0.4, -0.2) is 27.8 Å². The number of nitrogen functional groups attached to an aromatic ring is 1. The molecule has 0 fully saturated rings. The zero-order chi connectivity index (χ0) is 16.4. The van der Waals surface area contributed by atoms with Gasteiger partial charge in [0.25, 0.3) is 0 Å². The number of fused-ring (bicyclic) bond motifs is 1. The van der Waals surface area contributed by atoms with Crippen LogP contribution in [0.5, 0.6) is 0 Å². The van der Waals surface area contributed by atoms with E-state index in [4.69, 9.17) is 17.3 Å². The smallest absolute Gasteiger partial charge is 0.220 e. The Bertz CT molecular complexity index is 880. The van der Waals surface area contributed by atoms with E-state index in [9.17, 15) is 4.91 Å². The molecule has 0 saturated heterocycles. The number of aromatic amines is 1. The highest BCUT2D eigenvalue weighted by Crippen LogP contribution is 2.37. The first-order valence-electron chi connectivity index (χ1n) is 6.90. The first kappa shape index (κ1) is 15.8. The number of anilines is 1. The molecule has 1 aromatic carbocycles. The largest absolute Gasteiger partial charge is 0.368 e. The topological polar surface area (TPSA) is 97.0 Å². The highest BCUT2D eigenvalue weighted by molar-refractivity contribution is 7.98. The normalized spacial score (nSPS) is 11.0. The molecule has 8 heteroatoms. The fraction of sp³-hybridized carbons (Fsp3) is 0.200. The molecule has 0 atom stereocenters. The third-order valence-electron chi connectivity index (χ3n) is 3.58. The van der Waals surface area contributed by atoms with Gasteiger partial charge in [-0.2, -0.15) is 4.91 Å². The number of aromatic nitrogens is 3. The van der Waals surface area contributed by atoms with Crippen molar-refractivity contribution in [3.05, 3.63) is 40.0 Å². The highest BCUT2D eigenvalue weighted by atomic mass is 35.5. The molecule has 0 aliphatic heterocycles. The number of nitrogens with zero attached hydrogens (tertiary/aromatic N) is 3. The van der Waals surface area contributed by atoms with Gasteiger partial charge in [0, 0.05) is 22.0 Å². The molecule has 3 rings (SSSR count). The summed E-state index contributed by atoms with van der Waals surface area (Å²) in [7, 11) is 0. The Hall–Kier alpha value is -2.12. The summed E-state index contributed by atoms with van der Waals surface area (Å²) >= 11 is 7.84. The van der Waals surface area contributed by atoms with E-state index in [2.05, 4.69) is 20.1 Å². The van der Waals surface area contributed by atoms with Gasteiger partial charge < -0.3 is 10.7 Å². The lowest BCUT2D eigenvalue weighted by atomic mass is 10.1. The molecule has 6 nitrogen and oxygen atoms in total. The zero-order valence-electron chi connectivity index (χ0n) is 12.3. The summed E-state index contributed by atoms with van der Waals surface area (Å²) in [6.07, 6.45) is 5.98. The van der Waals surface area contributed by atoms with Gasteiger partial charge in [-0.05, 0) is 18.2 Å². The van der Waals surface area contributed by atoms with Gasteiger partial charge in [-0.15, -0.1) is 11.8 Å². The average Bonchev–Trinajstić information content (AvgIpc) is 2.98. The van der Waals surface area contributed by atoms with Crippen molar-refractivity contribution in [2.75, 3.05) is 18.5 Å². The van der Waals surface area contributed by atoms with Crippen LogP contribution in [0.2, 0.25) is 5.02 Å². The summed E-state index contributed by atoms with van der Waals surface area (Å²) in [5.41, 5.74) is 9.22. The molecule has 2 heterocycles. The van der Waals surface area contributed by atoms with Crippen LogP contribution >= 0.6 is 23.4 Å². The Labute approximate surface area is 141 Å². The van der Waals surface area contributed by atoms with Gasteiger partial charge in [-0.3, -0.25) is 0 Å². The van der Waals surface area contributed by atoms with Crippen LogP contribution in [-0.2, 0) is 6.42 Å². The van der Waals surface area contributed by atoms with Gasteiger partial charge in [0.15, 0.2) is 0 Å². The molecule has 0 aliphatic carbocycles. The lowest BCUT2D eigenvalue weighted by molar-refractivity contribution is 0.941. The number of halogens is 1. The maximum absolute atomic E-state index is 10.4. The van der Waals surface area contributed by atoms with Crippen LogP contribution < -0.4 is 5.73 Å². The van der Waals surface area contributed by atoms with Crippen LogP contribution in [0.15, 0.2) is 34.6 Å². The van der Waals surface area contributed by atoms with Crippen molar-refractivity contribution in [1.29, 1.82) is 0 Å². The van der Waals surface area contributed by atoms with Gasteiger partial charge >= 0.3 is 0 Å². The second kappa shape index (κ2) is 6.55. The number of benzene rings is 1. The van der Waals surface area contributed by atoms with E-state index < -0.39 is 0 Å². The Morgan fingerprint density at radius 2 is 2.26 bits per heavy atom. The van der Waals surface area contributed by atoms with E-state index in [0.29, 0.717) is 17.1 Å². The SMILES string of the molecule is CSc1c(CCN=O)ccc2c(-c3nc(N)ncc3Cl)c[nH]c12. The van der Waals surface area contributed by atoms with Crippen molar-refractivity contribution in [2.24, 2.45) is 5.18 Å². The number of nitrogens with one attached hydrogen (secondary N) is 1. The van der Waals surface area contributed by atoms with Crippen molar-refractivity contribution in [1.82, 2.24) is 15.0 Å². The number of hydrogen-bond acceptors (Lipinski definition) is 6. The lowest BCUT2D eigenvalue weighted by Gasteiger charge is -2.08. The van der Waals surface area contributed by atoms with Crippen molar-refractivity contribution in [2.45, 2.75) is 11.3 Å². The van der Waals surface area contributed by atoms with E-state index >= 15 is 0 Å². The number of rotatable bonds is 5. The minimum absolute atomic E-state index is 0.178. The molecule has 3 N–H and O–H groups in total. The minimum atomic E-state index is 0.178. The summed E-state index contributed by atoms with van der Waals surface area (Å²) in [5, 5.41) is 4.38. The Kier molecular flexibility index (Phi) is 4.49. The first-order valence-corrected chi connectivity index (χ1v) is 8.50. The number of H-pyrrole nitrogens is 1. The van der Waals surface area contributed by atoms with Crippen LogP contribution in [0, 0.1) is 4.91 Å². The molecule has 0 unspecified atom stereocenters. The molecule has 0 spiro atoms. The number of thioether (sulfide) groups is 1. The summed E-state index contributed by atoms with van der Waals surface area (Å²) in [6.45, 7) is 0.265. The third kappa shape index (κ3) is 2.89. The van der Waals surface area contributed by atoms with Crippen molar-refractivity contribution >= 4 is 40.2 Å². The Morgan fingerprint density at radius 3 is 3.00 bits per heavy atom. The van der Waals surface area contributed by atoms with Gasteiger partial charge in [-0.1, -0.05) is 28.9 Å².